The van der Waals surface area contributed by atoms with Crippen LogP contribution in [0.25, 0.3) is 0 Å². The molecule has 0 spiro atoms. The van der Waals surface area contributed by atoms with E-state index >= 15 is 0 Å². The minimum Gasteiger partial charge on any atom is -0.479 e. The summed E-state index contributed by atoms with van der Waals surface area (Å²) in [6.07, 6.45) is -4.53. The van der Waals surface area contributed by atoms with Gasteiger partial charge in [0.1, 0.15) is 0 Å². The van der Waals surface area contributed by atoms with Gasteiger partial charge in [0.2, 0.25) is 0 Å². The molecule has 1 aliphatic heterocycles. The van der Waals surface area contributed by atoms with Crippen molar-refractivity contribution in [2.75, 3.05) is 31.1 Å². The number of carbonyl (C=O) groups is 2. The number of hydrogen-bond donors (Lipinski definition) is 5. The number of carboxylic acids is 2. The van der Waals surface area contributed by atoms with E-state index in [0.29, 0.717) is 0 Å². The van der Waals surface area contributed by atoms with Crippen molar-refractivity contribution in [3.05, 3.63) is 53.6 Å². The smallest absolute Gasteiger partial charge is 0.335 e. The van der Waals surface area contributed by atoms with Gasteiger partial charge in [-0.1, -0.05) is 41.6 Å². The lowest BCUT2D eigenvalue weighted by molar-refractivity contribution is -0.165. The maximum Gasteiger partial charge on any atom is 0.335 e. The predicted molar refractivity (Wildman–Crippen MR) is 119 cm³/mol. The Morgan fingerprint density at radius 2 is 1.52 bits per heavy atom. The number of rotatable bonds is 6. The molecule has 0 aromatic heterocycles. The van der Waals surface area contributed by atoms with Crippen LogP contribution in [0.1, 0.15) is 11.1 Å². The van der Waals surface area contributed by atoms with Crippen molar-refractivity contribution in [1.29, 1.82) is 0 Å². The van der Waals surface area contributed by atoms with Crippen LogP contribution in [0.4, 0.5) is 5.69 Å². The lowest BCUT2D eigenvalue weighted by Gasteiger charge is -2.31. The molecule has 168 valence electrons. The van der Waals surface area contributed by atoms with E-state index in [1.54, 1.807) is 0 Å². The average molecular weight is 449 g/mol. The highest BCUT2D eigenvalue weighted by Gasteiger charge is 2.29. The van der Waals surface area contributed by atoms with Crippen LogP contribution in [0.5, 0.6) is 0 Å². The minimum absolute atomic E-state index is 1.07. The van der Waals surface area contributed by atoms with Crippen molar-refractivity contribution < 1.29 is 30.0 Å². The van der Waals surface area contributed by atoms with E-state index in [0.717, 1.165) is 26.2 Å². The van der Waals surface area contributed by atoms with Gasteiger partial charge in [0.05, 0.1) is 5.69 Å². The fraction of sp³-hybridized carbons (Fsp3) is 0.364. The molecule has 1 aliphatic rings. The van der Waals surface area contributed by atoms with E-state index in [1.165, 1.54) is 26.6 Å². The topological polar surface area (TPSA) is 130 Å². The van der Waals surface area contributed by atoms with Gasteiger partial charge in [0.25, 0.3) is 0 Å². The van der Waals surface area contributed by atoms with Crippen LogP contribution in [0.2, 0.25) is 0 Å². The summed E-state index contributed by atoms with van der Waals surface area (Å²) in [5.74, 6) is -3.54. The predicted octanol–water partition coefficient (Wildman–Crippen LogP) is 1.74. The Morgan fingerprint density at radius 1 is 0.935 bits per heavy atom. The zero-order valence-corrected chi connectivity index (χ0v) is 18.3. The van der Waals surface area contributed by atoms with Gasteiger partial charge in [0, 0.05) is 36.0 Å². The summed E-state index contributed by atoms with van der Waals surface area (Å²) in [6, 6.07) is 15.5. The van der Waals surface area contributed by atoms with E-state index in [1.807, 2.05) is 11.8 Å². The van der Waals surface area contributed by atoms with Gasteiger partial charge in [-0.2, -0.15) is 0 Å². The number of anilines is 1. The summed E-state index contributed by atoms with van der Waals surface area (Å²) >= 11 is 1.88. The second-order valence-corrected chi connectivity index (χ2v) is 8.23. The molecular formula is C22H28N2O6S. The molecule has 0 saturated carbocycles. The van der Waals surface area contributed by atoms with Gasteiger partial charge in [-0.15, -0.1) is 0 Å². The maximum atomic E-state index is 9.77. The Hall–Kier alpha value is -2.59. The summed E-state index contributed by atoms with van der Waals surface area (Å²) in [7, 11) is 0. The van der Waals surface area contributed by atoms with Crippen molar-refractivity contribution in [3.8, 4) is 0 Å². The number of carboxylic acid groups (broad SMARTS) is 2. The molecule has 2 atom stereocenters. The summed E-state index contributed by atoms with van der Waals surface area (Å²) in [5, 5.41) is 35.9. The summed E-state index contributed by atoms with van der Waals surface area (Å²) in [5.41, 5.74) is 4.05. The van der Waals surface area contributed by atoms with Crippen LogP contribution in [-0.2, 0) is 9.59 Å². The fourth-order valence-electron chi connectivity index (χ4n) is 3.01. The Morgan fingerprint density at radius 3 is 2.06 bits per heavy atom. The molecular weight excluding hydrogens is 420 g/mol. The number of aliphatic carboxylic acids is 2. The molecule has 31 heavy (non-hydrogen) atoms. The van der Waals surface area contributed by atoms with Gasteiger partial charge >= 0.3 is 11.9 Å². The molecule has 1 fully saturated rings. The number of aryl methyl sites for hydroxylation is 2. The molecule has 3 rings (SSSR count). The zero-order chi connectivity index (χ0) is 23.0. The number of piperazine rings is 1. The van der Waals surface area contributed by atoms with Crippen LogP contribution >= 0.6 is 11.8 Å². The lowest BCUT2D eigenvalue weighted by Crippen LogP contribution is -2.43. The van der Waals surface area contributed by atoms with Gasteiger partial charge < -0.3 is 30.6 Å². The molecule has 0 radical (unpaired) electrons. The van der Waals surface area contributed by atoms with E-state index in [2.05, 4.69) is 66.5 Å². The Labute approximate surface area is 185 Å². The first-order valence-corrected chi connectivity index (χ1v) is 10.6. The maximum absolute atomic E-state index is 9.77. The third kappa shape index (κ3) is 7.25. The van der Waals surface area contributed by atoms with Gasteiger partial charge in [-0.25, -0.2) is 9.59 Å². The minimum atomic E-state index is -2.27. The number of aliphatic hydroxyl groups is 2. The average Bonchev–Trinajstić information content (AvgIpc) is 2.76. The third-order valence-corrected chi connectivity index (χ3v) is 5.92. The van der Waals surface area contributed by atoms with Crippen LogP contribution in [-0.4, -0.2) is 70.8 Å². The number of aliphatic hydroxyl groups excluding tert-OH is 2. The normalized spacial score (nSPS) is 15.4. The quantitative estimate of drug-likeness (QED) is 0.448. The second kappa shape index (κ2) is 11.7. The van der Waals surface area contributed by atoms with Crippen molar-refractivity contribution in [1.82, 2.24) is 5.32 Å². The summed E-state index contributed by atoms with van der Waals surface area (Å²) in [4.78, 5) is 24.7. The standard InChI is InChI=1S/C18H22N2S.C4H6O6/c1-14-7-8-17(15(2)13-14)21-18-6-4-3-5-16(18)20-11-9-19-10-12-20;5-1(3(7)8)2(6)4(9)10/h3-8,13,19H,9-12H2,1-2H3;1-2,5-6H,(H,7,8)(H,9,10)/t;1-,2+. The molecule has 0 bridgehead atoms. The second-order valence-electron chi connectivity index (χ2n) is 7.14. The molecule has 2 aromatic carbocycles. The highest BCUT2D eigenvalue weighted by molar-refractivity contribution is 7.99. The Bertz CT molecular complexity index is 883. The molecule has 0 amide bonds. The molecule has 1 saturated heterocycles. The molecule has 0 unspecified atom stereocenters. The van der Waals surface area contributed by atoms with Gasteiger partial charge in [-0.3, -0.25) is 0 Å². The van der Waals surface area contributed by atoms with E-state index in [-0.39, 0.29) is 0 Å². The Balaban J connectivity index is 0.000000291. The highest BCUT2D eigenvalue weighted by Crippen LogP contribution is 2.37. The SMILES string of the molecule is Cc1ccc(Sc2ccccc2N2CCNCC2)c(C)c1.O=C(O)[C@@H](O)[C@@H](O)C(=O)O. The Kier molecular flexibility index (Phi) is 9.32. The van der Waals surface area contributed by atoms with Crippen molar-refractivity contribution in [2.45, 2.75) is 35.8 Å². The van der Waals surface area contributed by atoms with Crippen molar-refractivity contribution in [2.24, 2.45) is 0 Å². The molecule has 5 N–H and O–H groups in total. The first-order valence-electron chi connectivity index (χ1n) is 9.82. The summed E-state index contributed by atoms with van der Waals surface area (Å²) < 4.78 is 0. The number of nitrogens with zero attached hydrogens (tertiary/aromatic N) is 1. The van der Waals surface area contributed by atoms with E-state index in [9.17, 15) is 9.59 Å². The van der Waals surface area contributed by atoms with Crippen LogP contribution in [0, 0.1) is 13.8 Å². The number of benzene rings is 2. The summed E-state index contributed by atoms with van der Waals surface area (Å²) in [6.45, 7) is 8.67. The fourth-order valence-corrected chi connectivity index (χ4v) is 4.05. The van der Waals surface area contributed by atoms with Crippen molar-refractivity contribution >= 4 is 29.4 Å². The highest BCUT2D eigenvalue weighted by atomic mass is 32.2. The van der Waals surface area contributed by atoms with Crippen LogP contribution in [0.15, 0.2) is 52.3 Å². The number of hydrogen-bond acceptors (Lipinski definition) is 7. The van der Waals surface area contributed by atoms with Crippen molar-refractivity contribution in [3.63, 3.8) is 0 Å². The third-order valence-electron chi connectivity index (χ3n) is 4.68. The molecule has 8 nitrogen and oxygen atoms in total. The molecule has 9 heteroatoms. The number of para-hydroxylation sites is 1. The van der Waals surface area contributed by atoms with E-state index < -0.39 is 24.1 Å². The van der Waals surface area contributed by atoms with Crippen LogP contribution in [0.3, 0.4) is 0 Å². The van der Waals surface area contributed by atoms with Gasteiger partial charge in [-0.05, 0) is 37.6 Å². The molecule has 2 aromatic rings. The molecule has 1 heterocycles. The lowest BCUT2D eigenvalue weighted by atomic mass is 10.2. The monoisotopic (exact) mass is 448 g/mol. The first-order chi connectivity index (χ1) is 14.7. The van der Waals surface area contributed by atoms with Crippen LogP contribution < -0.4 is 10.2 Å². The number of nitrogens with one attached hydrogen (secondary N) is 1. The first kappa shape index (κ1) is 24.7. The van der Waals surface area contributed by atoms with E-state index in [4.69, 9.17) is 20.4 Å². The van der Waals surface area contributed by atoms with Gasteiger partial charge in [0.15, 0.2) is 12.2 Å². The zero-order valence-electron chi connectivity index (χ0n) is 17.5. The largest absolute Gasteiger partial charge is 0.479 e. The molecule has 0 aliphatic carbocycles.